The Morgan fingerprint density at radius 3 is 1.35 bits per heavy atom. The summed E-state index contributed by atoms with van der Waals surface area (Å²) in [5, 5.41) is 3.25. The average Bonchev–Trinajstić information content (AvgIpc) is 3.01. The van der Waals surface area contributed by atoms with Gasteiger partial charge in [0.25, 0.3) is 0 Å². The van der Waals surface area contributed by atoms with Crippen LogP contribution in [0.3, 0.4) is 0 Å². The first-order chi connectivity index (χ1) is 21.6. The van der Waals surface area contributed by atoms with Crippen LogP contribution in [0.5, 0.6) is 11.5 Å². The highest BCUT2D eigenvalue weighted by atomic mass is 35.5. The number of esters is 2. The van der Waals surface area contributed by atoms with E-state index < -0.39 is 87.0 Å². The molecule has 2 amide bonds. The number of ether oxygens (including phenoxy) is 6. The molecule has 0 saturated carbocycles. The van der Waals surface area contributed by atoms with Crippen LogP contribution in [0.25, 0.3) is 0 Å². The number of methoxy groups -OCH3 is 2. The summed E-state index contributed by atoms with van der Waals surface area (Å²) in [6.45, 7) is 6.18. The van der Waals surface area contributed by atoms with Gasteiger partial charge in [-0.2, -0.15) is 0 Å². The number of carbonyl (C=O) groups is 5. The molecule has 0 aliphatic rings. The Labute approximate surface area is 271 Å². The molecular weight excluding hydrogens is 661 g/mol. The quantitative estimate of drug-likeness (QED) is 0.115. The molecule has 0 aliphatic carbocycles. The van der Waals surface area contributed by atoms with Crippen LogP contribution in [0, 0.1) is 11.6 Å². The van der Waals surface area contributed by atoms with E-state index in [0.717, 1.165) is 26.4 Å². The minimum atomic E-state index is -1.51. The number of nitrogens with one attached hydrogen (secondary N) is 2. The van der Waals surface area contributed by atoms with Crippen molar-refractivity contribution in [2.75, 3.05) is 24.9 Å². The van der Waals surface area contributed by atoms with Crippen molar-refractivity contribution in [2.24, 2.45) is 0 Å². The van der Waals surface area contributed by atoms with E-state index in [0.29, 0.717) is 23.3 Å². The van der Waals surface area contributed by atoms with E-state index >= 15 is 0 Å². The van der Waals surface area contributed by atoms with Crippen molar-refractivity contribution in [3.63, 3.8) is 0 Å². The molecule has 2 aromatic carbocycles. The van der Waals surface area contributed by atoms with Crippen LogP contribution in [-0.4, -0.2) is 56.7 Å². The fourth-order valence-corrected chi connectivity index (χ4v) is 3.65. The highest BCUT2D eigenvalue weighted by Gasteiger charge is 2.28. The Morgan fingerprint density at radius 2 is 1.04 bits per heavy atom. The summed E-state index contributed by atoms with van der Waals surface area (Å²) in [7, 11) is 2.17. The van der Waals surface area contributed by atoms with Crippen LogP contribution in [0.2, 0.25) is 10.0 Å². The molecular formula is C29H28Cl2F2N2O11. The van der Waals surface area contributed by atoms with Gasteiger partial charge in [0.15, 0.2) is 11.5 Å². The molecule has 2 aromatic rings. The molecule has 0 fully saturated rings. The van der Waals surface area contributed by atoms with E-state index in [1.807, 2.05) is 0 Å². The third-order valence-corrected chi connectivity index (χ3v) is 6.51. The van der Waals surface area contributed by atoms with Gasteiger partial charge in [-0.25, -0.2) is 32.8 Å². The summed E-state index contributed by atoms with van der Waals surface area (Å²) < 4.78 is 58.3. The second-order valence-corrected chi connectivity index (χ2v) is 9.73. The molecule has 248 valence electrons. The van der Waals surface area contributed by atoms with Gasteiger partial charge in [-0.05, 0) is 51.0 Å². The fourth-order valence-electron chi connectivity index (χ4n) is 3.27. The molecule has 17 heteroatoms. The zero-order valence-electron chi connectivity index (χ0n) is 25.1. The maximum absolute atomic E-state index is 14.6. The Hall–Kier alpha value is -4.89. The number of anilines is 2. The van der Waals surface area contributed by atoms with Gasteiger partial charge in [0.05, 0.1) is 35.6 Å². The fraction of sp³-hybridized carbons (Fsp3) is 0.276. The van der Waals surface area contributed by atoms with Gasteiger partial charge < -0.3 is 28.4 Å². The summed E-state index contributed by atoms with van der Waals surface area (Å²) in [4.78, 5) is 61.3. The summed E-state index contributed by atoms with van der Waals surface area (Å²) in [5.41, 5.74) is -0.479. The lowest BCUT2D eigenvalue weighted by Gasteiger charge is -2.17. The van der Waals surface area contributed by atoms with E-state index in [1.54, 1.807) is 13.8 Å². The minimum Gasteiger partial charge on any atom is -0.466 e. The lowest BCUT2D eigenvalue weighted by molar-refractivity contribution is -0.148. The van der Waals surface area contributed by atoms with Crippen LogP contribution in [0.15, 0.2) is 47.6 Å². The number of allylic oxidation sites excluding steroid dienone is 2. The Kier molecular flexibility index (Phi) is 13.8. The van der Waals surface area contributed by atoms with Crippen molar-refractivity contribution in [3.8, 4) is 11.5 Å². The largest absolute Gasteiger partial charge is 0.519 e. The molecule has 0 aliphatic heterocycles. The van der Waals surface area contributed by atoms with Gasteiger partial charge in [0.2, 0.25) is 12.2 Å². The zero-order chi connectivity index (χ0) is 34.7. The predicted octanol–water partition coefficient (Wildman–Crippen LogP) is 6.96. The molecule has 0 aromatic heterocycles. The van der Waals surface area contributed by atoms with Crippen LogP contribution in [-0.2, 0) is 28.5 Å². The molecule has 0 spiro atoms. The summed E-state index contributed by atoms with van der Waals surface area (Å²) in [5.74, 6) is -4.93. The van der Waals surface area contributed by atoms with Gasteiger partial charge in [-0.1, -0.05) is 35.4 Å². The van der Waals surface area contributed by atoms with E-state index in [2.05, 4.69) is 20.1 Å². The Morgan fingerprint density at radius 1 is 0.696 bits per heavy atom. The third kappa shape index (κ3) is 10.1. The highest BCUT2D eigenvalue weighted by molar-refractivity contribution is 6.32. The maximum atomic E-state index is 14.6. The zero-order valence-corrected chi connectivity index (χ0v) is 26.6. The van der Waals surface area contributed by atoms with Crippen LogP contribution < -0.4 is 20.1 Å². The lowest BCUT2D eigenvalue weighted by Crippen LogP contribution is -2.31. The van der Waals surface area contributed by atoms with Gasteiger partial charge in [0, 0.05) is 12.1 Å². The monoisotopic (exact) mass is 688 g/mol. The number of rotatable bonds is 10. The topological polar surface area (TPSA) is 165 Å². The highest BCUT2D eigenvalue weighted by Crippen LogP contribution is 2.34. The molecule has 2 atom stereocenters. The number of hydrogen-bond donors (Lipinski definition) is 2. The normalized spacial score (nSPS) is 12.7. The number of amides is 2. The van der Waals surface area contributed by atoms with Gasteiger partial charge in [-0.3, -0.25) is 10.6 Å². The van der Waals surface area contributed by atoms with Gasteiger partial charge in [0.1, 0.15) is 11.6 Å². The first-order valence-corrected chi connectivity index (χ1v) is 13.6. The first kappa shape index (κ1) is 37.3. The Balaban J connectivity index is 2.21. The second kappa shape index (κ2) is 17.0. The van der Waals surface area contributed by atoms with Crippen molar-refractivity contribution in [1.29, 1.82) is 0 Å². The molecule has 2 unspecified atom stereocenters. The standard InChI is InChI=1S/C29H28Cl2F2N2O11/c1-7-13(3)23(25(36)41-5)45-27(38)34-19-11-21(15(30)9-17(19)32)43-29(40)44-22-12-20(18(33)10-16(22)31)35-28(39)46-24(14(4)8-2)26(37)42-6/h7-12,23-24H,1-6H3,(H,34,38)(H,35,39)/b13-7+,14-8+. The smallest absolute Gasteiger partial charge is 0.466 e. The molecule has 0 bridgehead atoms. The van der Waals surface area contributed by atoms with E-state index in [1.165, 1.54) is 26.0 Å². The van der Waals surface area contributed by atoms with Crippen molar-refractivity contribution >= 4 is 64.9 Å². The summed E-state index contributed by atoms with van der Waals surface area (Å²) >= 11 is 11.9. The molecule has 0 saturated heterocycles. The minimum absolute atomic E-state index is 0.328. The van der Waals surface area contributed by atoms with Crippen molar-refractivity contribution in [1.82, 2.24) is 0 Å². The van der Waals surface area contributed by atoms with Crippen molar-refractivity contribution in [3.05, 3.63) is 69.2 Å². The SMILES string of the molecule is C/C=C(\C)C(OC(=O)Nc1cc(OC(=O)Oc2cc(NC(=O)OC(C(=O)OC)/C(C)=C/C)c(F)cc2Cl)c(Cl)cc1F)C(=O)OC. The maximum Gasteiger partial charge on any atom is 0.519 e. The van der Waals surface area contributed by atoms with Crippen LogP contribution in [0.1, 0.15) is 27.7 Å². The molecule has 2 rings (SSSR count). The van der Waals surface area contributed by atoms with Crippen molar-refractivity contribution in [2.45, 2.75) is 39.9 Å². The first-order valence-electron chi connectivity index (χ1n) is 12.9. The van der Waals surface area contributed by atoms with E-state index in [4.69, 9.17) is 42.1 Å². The van der Waals surface area contributed by atoms with Crippen molar-refractivity contribution < 1.29 is 61.2 Å². The summed E-state index contributed by atoms with van der Waals surface area (Å²) in [6.07, 6.45) is -3.88. The van der Waals surface area contributed by atoms with E-state index in [9.17, 15) is 32.8 Å². The molecule has 0 heterocycles. The molecule has 0 radical (unpaired) electrons. The number of carbonyl (C=O) groups excluding carboxylic acids is 5. The summed E-state index contributed by atoms with van der Waals surface area (Å²) in [6, 6.07) is 3.03. The second-order valence-electron chi connectivity index (χ2n) is 8.91. The number of halogens is 4. The molecule has 46 heavy (non-hydrogen) atoms. The Bertz CT molecular complexity index is 1470. The average molecular weight is 689 g/mol. The molecule has 13 nitrogen and oxygen atoms in total. The van der Waals surface area contributed by atoms with E-state index in [-0.39, 0.29) is 0 Å². The lowest BCUT2D eigenvalue weighted by atomic mass is 10.1. The third-order valence-electron chi connectivity index (χ3n) is 5.92. The molecule has 2 N–H and O–H groups in total. The number of benzene rings is 2. The van der Waals surface area contributed by atoms with Gasteiger partial charge >= 0.3 is 30.3 Å². The van der Waals surface area contributed by atoms with Gasteiger partial charge in [-0.15, -0.1) is 0 Å². The van der Waals surface area contributed by atoms with Crippen LogP contribution in [0.4, 0.5) is 34.5 Å². The predicted molar refractivity (Wildman–Crippen MR) is 160 cm³/mol. The van der Waals surface area contributed by atoms with Crippen LogP contribution >= 0.6 is 23.2 Å². The number of hydrogen-bond acceptors (Lipinski definition) is 11.